The van der Waals surface area contributed by atoms with Gasteiger partial charge in [-0.25, -0.2) is 13.1 Å². The second-order valence-electron chi connectivity index (χ2n) is 7.79. The molecule has 0 bridgehead atoms. The summed E-state index contributed by atoms with van der Waals surface area (Å²) in [7, 11) is -1.99. The van der Waals surface area contributed by atoms with Gasteiger partial charge in [-0.3, -0.25) is 4.79 Å². The maximum absolute atomic E-state index is 12.5. The Bertz CT molecular complexity index is 1060. The van der Waals surface area contributed by atoms with Crippen molar-refractivity contribution in [2.24, 2.45) is 0 Å². The van der Waals surface area contributed by atoms with Gasteiger partial charge in [0, 0.05) is 32.6 Å². The molecule has 0 aromatic heterocycles. The van der Waals surface area contributed by atoms with E-state index in [9.17, 15) is 22.0 Å². The molecule has 0 spiro atoms. The van der Waals surface area contributed by atoms with Gasteiger partial charge in [-0.15, -0.1) is 0 Å². The summed E-state index contributed by atoms with van der Waals surface area (Å²) in [5.41, 5.74) is 0.797. The number of carbonyl (C=O) groups is 1. The normalized spacial score (nSPS) is 13.1. The number of fused-ring (bicyclic) bond motifs is 1. The van der Waals surface area contributed by atoms with Gasteiger partial charge in [-0.2, -0.15) is 8.78 Å². The molecule has 2 aromatic carbocycles. The van der Waals surface area contributed by atoms with Gasteiger partial charge in [0.15, 0.2) is 11.5 Å². The fraction of sp³-hybridized carbons (Fsp3) is 0.435. The van der Waals surface area contributed by atoms with E-state index in [-0.39, 0.29) is 23.1 Å². The van der Waals surface area contributed by atoms with Crippen molar-refractivity contribution >= 4 is 15.9 Å². The molecule has 1 amide bonds. The van der Waals surface area contributed by atoms with Gasteiger partial charge in [0.25, 0.3) is 0 Å². The average molecular weight is 499 g/mol. The van der Waals surface area contributed by atoms with Crippen LogP contribution in [0.15, 0.2) is 47.4 Å². The van der Waals surface area contributed by atoms with Gasteiger partial charge in [-0.05, 0) is 42.7 Å². The molecule has 11 heteroatoms. The summed E-state index contributed by atoms with van der Waals surface area (Å²) in [6, 6.07) is 10.6. The fourth-order valence-electron chi connectivity index (χ4n) is 3.39. The number of sulfonamides is 1. The van der Waals surface area contributed by atoms with Gasteiger partial charge in [0.1, 0.15) is 19.0 Å². The third kappa shape index (κ3) is 7.56. The summed E-state index contributed by atoms with van der Waals surface area (Å²) in [5.74, 6) is 0.953. The van der Waals surface area contributed by atoms with Gasteiger partial charge in [0.2, 0.25) is 15.9 Å². The van der Waals surface area contributed by atoms with Crippen molar-refractivity contribution in [1.82, 2.24) is 9.62 Å². The minimum atomic E-state index is -3.67. The van der Waals surface area contributed by atoms with E-state index in [1.807, 2.05) is 0 Å². The number of benzene rings is 2. The highest BCUT2D eigenvalue weighted by molar-refractivity contribution is 7.89. The third-order valence-electron chi connectivity index (χ3n) is 5.18. The first kappa shape index (κ1) is 25.7. The van der Waals surface area contributed by atoms with Crippen molar-refractivity contribution in [2.75, 3.05) is 26.8 Å². The van der Waals surface area contributed by atoms with Gasteiger partial charge in [0.05, 0.1) is 4.90 Å². The van der Waals surface area contributed by atoms with Crippen LogP contribution in [0.2, 0.25) is 0 Å². The monoisotopic (exact) mass is 498 g/mol. The number of carbonyl (C=O) groups excluding carboxylic acids is 1. The summed E-state index contributed by atoms with van der Waals surface area (Å²) in [6.07, 6.45) is 2.23. The lowest BCUT2D eigenvalue weighted by atomic mass is 10.1. The first-order chi connectivity index (χ1) is 16.2. The van der Waals surface area contributed by atoms with E-state index < -0.39 is 16.6 Å². The molecule has 2 aromatic rings. The van der Waals surface area contributed by atoms with E-state index in [0.29, 0.717) is 56.9 Å². The number of unbranched alkanes of at least 4 members (excludes halogenated alkanes) is 2. The molecule has 1 aliphatic rings. The lowest BCUT2D eigenvalue weighted by Gasteiger charge is -2.19. The van der Waals surface area contributed by atoms with Crippen molar-refractivity contribution in [1.29, 1.82) is 0 Å². The summed E-state index contributed by atoms with van der Waals surface area (Å²) < 4.78 is 67.1. The summed E-state index contributed by atoms with van der Waals surface area (Å²) in [4.78, 5) is 14.0. The third-order valence-corrected chi connectivity index (χ3v) is 6.64. The number of halogens is 2. The van der Waals surface area contributed by atoms with Crippen molar-refractivity contribution in [2.45, 2.75) is 43.7 Å². The van der Waals surface area contributed by atoms with Gasteiger partial charge >= 0.3 is 6.61 Å². The Labute approximate surface area is 197 Å². The molecule has 0 fully saturated rings. The average Bonchev–Trinajstić information content (AvgIpc) is 2.81. The summed E-state index contributed by atoms with van der Waals surface area (Å²) >= 11 is 0. The highest BCUT2D eigenvalue weighted by Crippen LogP contribution is 2.32. The number of hydrogen-bond donors (Lipinski definition) is 1. The van der Waals surface area contributed by atoms with E-state index in [1.54, 1.807) is 30.1 Å². The first-order valence-corrected chi connectivity index (χ1v) is 12.4. The highest BCUT2D eigenvalue weighted by atomic mass is 32.2. The number of nitrogens with one attached hydrogen (secondary N) is 1. The standard InChI is InChI=1S/C23H28F2N2O6S/c1-27(16-17-6-8-18(9-7-17)33-23(24)25)22(28)5-3-2-4-12-26-34(29,30)19-10-11-20-21(15-19)32-14-13-31-20/h6-11,15,23,26H,2-5,12-14,16H2,1H3. The van der Waals surface area contributed by atoms with Crippen LogP contribution in [0.3, 0.4) is 0 Å². The van der Waals surface area contributed by atoms with Crippen LogP contribution < -0.4 is 18.9 Å². The maximum Gasteiger partial charge on any atom is 0.387 e. The number of alkyl halides is 2. The maximum atomic E-state index is 12.5. The van der Waals surface area contributed by atoms with Crippen LogP contribution in [-0.4, -0.2) is 52.6 Å². The Morgan fingerprint density at radius 3 is 2.47 bits per heavy atom. The molecule has 0 aliphatic carbocycles. The zero-order valence-electron chi connectivity index (χ0n) is 18.8. The number of nitrogens with zero attached hydrogens (tertiary/aromatic N) is 1. The summed E-state index contributed by atoms with van der Waals surface area (Å²) in [6.45, 7) is -1.46. The first-order valence-electron chi connectivity index (χ1n) is 10.9. The minimum Gasteiger partial charge on any atom is -0.486 e. The Kier molecular flexibility index (Phi) is 9.05. The van der Waals surface area contributed by atoms with Crippen LogP contribution >= 0.6 is 0 Å². The number of hydrogen-bond acceptors (Lipinski definition) is 6. The van der Waals surface area contributed by atoms with E-state index >= 15 is 0 Å². The van der Waals surface area contributed by atoms with Gasteiger partial charge in [-0.1, -0.05) is 18.6 Å². The Hall–Kier alpha value is -2.92. The van der Waals surface area contributed by atoms with Gasteiger partial charge < -0.3 is 19.1 Å². The van der Waals surface area contributed by atoms with Crippen LogP contribution in [-0.2, 0) is 21.4 Å². The fourth-order valence-corrected chi connectivity index (χ4v) is 4.48. The van der Waals surface area contributed by atoms with Crippen LogP contribution in [0.4, 0.5) is 8.78 Å². The molecular formula is C23H28F2N2O6S. The SMILES string of the molecule is CN(Cc1ccc(OC(F)F)cc1)C(=O)CCCCCNS(=O)(=O)c1ccc2c(c1)OCCO2. The number of ether oxygens (including phenoxy) is 3. The number of amides is 1. The van der Waals surface area contributed by atoms with Crippen molar-refractivity contribution < 1.29 is 36.2 Å². The zero-order chi connectivity index (χ0) is 24.6. The molecule has 0 atom stereocenters. The molecule has 1 heterocycles. The lowest BCUT2D eigenvalue weighted by molar-refractivity contribution is -0.130. The predicted octanol–water partition coefficient (Wildman–Crippen LogP) is 3.56. The minimum absolute atomic E-state index is 0.0511. The molecule has 0 saturated carbocycles. The smallest absolute Gasteiger partial charge is 0.387 e. The molecule has 0 saturated heterocycles. The van der Waals surface area contributed by atoms with Crippen LogP contribution in [0.25, 0.3) is 0 Å². The number of rotatable bonds is 12. The Balaban J connectivity index is 1.34. The Morgan fingerprint density at radius 2 is 1.76 bits per heavy atom. The molecule has 3 rings (SSSR count). The predicted molar refractivity (Wildman–Crippen MR) is 121 cm³/mol. The molecule has 8 nitrogen and oxygen atoms in total. The summed E-state index contributed by atoms with van der Waals surface area (Å²) in [5, 5.41) is 0. The topological polar surface area (TPSA) is 94.2 Å². The molecule has 186 valence electrons. The van der Waals surface area contributed by atoms with E-state index in [1.165, 1.54) is 24.3 Å². The van der Waals surface area contributed by atoms with Crippen molar-refractivity contribution in [3.63, 3.8) is 0 Å². The zero-order valence-corrected chi connectivity index (χ0v) is 19.7. The molecule has 1 N–H and O–H groups in total. The molecule has 0 radical (unpaired) electrons. The van der Waals surface area contributed by atoms with Crippen LogP contribution in [0, 0.1) is 0 Å². The second-order valence-corrected chi connectivity index (χ2v) is 9.55. The molecular weight excluding hydrogens is 470 g/mol. The quantitative estimate of drug-likeness (QED) is 0.450. The van der Waals surface area contributed by atoms with E-state index in [0.717, 1.165) is 5.56 Å². The van der Waals surface area contributed by atoms with Crippen LogP contribution in [0.1, 0.15) is 31.2 Å². The lowest BCUT2D eigenvalue weighted by Crippen LogP contribution is -2.26. The Morgan fingerprint density at radius 1 is 1.06 bits per heavy atom. The van der Waals surface area contributed by atoms with E-state index in [4.69, 9.17) is 9.47 Å². The molecule has 34 heavy (non-hydrogen) atoms. The highest BCUT2D eigenvalue weighted by Gasteiger charge is 2.19. The molecule has 1 aliphatic heterocycles. The molecule has 0 unspecified atom stereocenters. The van der Waals surface area contributed by atoms with Crippen molar-refractivity contribution in [3.05, 3.63) is 48.0 Å². The van der Waals surface area contributed by atoms with E-state index in [2.05, 4.69) is 9.46 Å². The largest absolute Gasteiger partial charge is 0.486 e. The van der Waals surface area contributed by atoms with Crippen molar-refractivity contribution in [3.8, 4) is 17.2 Å². The second kappa shape index (κ2) is 12.0. The van der Waals surface area contributed by atoms with Crippen LogP contribution in [0.5, 0.6) is 17.2 Å².